The van der Waals surface area contributed by atoms with E-state index in [2.05, 4.69) is 68.4 Å². The van der Waals surface area contributed by atoms with Gasteiger partial charge in [0.05, 0.1) is 17.6 Å². The second-order valence-corrected chi connectivity index (χ2v) is 12.3. The molecule has 1 N–H and O–H groups in total. The number of hydrogen-bond acceptors (Lipinski definition) is 3. The lowest BCUT2D eigenvalue weighted by atomic mass is 9.66. The molecule has 0 aromatic heterocycles. The van der Waals surface area contributed by atoms with Crippen LogP contribution < -0.4 is 4.74 Å². The van der Waals surface area contributed by atoms with Crippen molar-refractivity contribution in [3.05, 3.63) is 54.1 Å². The Morgan fingerprint density at radius 2 is 1.38 bits per heavy atom. The maximum atomic E-state index is 10.2. The van der Waals surface area contributed by atoms with E-state index in [1.165, 1.54) is 68.1 Å². The molecule has 0 saturated heterocycles. The van der Waals surface area contributed by atoms with Crippen LogP contribution in [0.15, 0.2) is 48.5 Å². The first-order valence-corrected chi connectivity index (χ1v) is 16.5. The average molecular weight is 546 g/mol. The van der Waals surface area contributed by atoms with Crippen LogP contribution in [0, 0.1) is 16.7 Å². The van der Waals surface area contributed by atoms with Gasteiger partial charge in [0.25, 0.3) is 0 Å². The normalized spacial score (nSPS) is 19.0. The van der Waals surface area contributed by atoms with Crippen LogP contribution in [0.2, 0.25) is 0 Å². The van der Waals surface area contributed by atoms with Crippen molar-refractivity contribution in [2.24, 2.45) is 5.41 Å². The third-order valence-corrected chi connectivity index (χ3v) is 8.99. The minimum Gasteiger partial charge on any atom is -0.490 e. The van der Waals surface area contributed by atoms with Gasteiger partial charge in [0, 0.05) is 6.61 Å². The Morgan fingerprint density at radius 3 is 1.93 bits per heavy atom. The molecule has 2 unspecified atom stereocenters. The highest BCUT2D eigenvalue weighted by atomic mass is 16.5. The molecular formula is C37H55NO2. The Kier molecular flexibility index (Phi) is 14.6. The van der Waals surface area contributed by atoms with E-state index >= 15 is 0 Å². The molecule has 0 bridgehead atoms. The number of nitriles is 1. The summed E-state index contributed by atoms with van der Waals surface area (Å²) >= 11 is 0. The molecule has 2 aromatic rings. The lowest BCUT2D eigenvalue weighted by Gasteiger charge is -2.36. The molecule has 0 amide bonds. The van der Waals surface area contributed by atoms with Gasteiger partial charge in [-0.05, 0) is 79.7 Å². The van der Waals surface area contributed by atoms with Crippen molar-refractivity contribution in [1.82, 2.24) is 0 Å². The van der Waals surface area contributed by atoms with Crippen LogP contribution in [0.3, 0.4) is 0 Å². The summed E-state index contributed by atoms with van der Waals surface area (Å²) in [4.78, 5) is 0. The third kappa shape index (κ3) is 10.6. The molecule has 1 saturated carbocycles. The quantitative estimate of drug-likeness (QED) is 0.179. The number of ether oxygens (including phenoxy) is 1. The minimum atomic E-state index is -0.144. The maximum absolute atomic E-state index is 10.2. The van der Waals surface area contributed by atoms with E-state index in [1.54, 1.807) is 0 Å². The van der Waals surface area contributed by atoms with Crippen LogP contribution in [-0.2, 0) is 0 Å². The highest BCUT2D eigenvalue weighted by Crippen LogP contribution is 2.47. The van der Waals surface area contributed by atoms with Crippen molar-refractivity contribution in [2.45, 2.75) is 141 Å². The summed E-state index contributed by atoms with van der Waals surface area (Å²) in [6.45, 7) is 4.77. The standard InChI is InChI=1S/C37H55NO2/c1-3-15-35(16-4-2)40-36-24-22-32(23-25-36)31-18-20-33(21-19-31)34-17-14-27-37(29-34,30-38)26-12-10-8-6-5-7-9-11-13-28-39/h18-25,34-35,39H,3-17,26-29H2,1-2H3. The molecule has 0 heterocycles. The van der Waals surface area contributed by atoms with E-state index in [1.807, 2.05) is 0 Å². The number of aliphatic hydroxyl groups excluding tert-OH is 1. The van der Waals surface area contributed by atoms with Crippen molar-refractivity contribution in [3.63, 3.8) is 0 Å². The second-order valence-electron chi connectivity index (χ2n) is 12.3. The van der Waals surface area contributed by atoms with E-state index in [9.17, 15) is 5.26 Å². The Labute approximate surface area is 245 Å². The fourth-order valence-corrected chi connectivity index (χ4v) is 6.62. The maximum Gasteiger partial charge on any atom is 0.119 e. The van der Waals surface area contributed by atoms with Crippen LogP contribution in [0.4, 0.5) is 0 Å². The smallest absolute Gasteiger partial charge is 0.119 e. The van der Waals surface area contributed by atoms with Gasteiger partial charge < -0.3 is 9.84 Å². The third-order valence-electron chi connectivity index (χ3n) is 8.99. The Bertz CT molecular complexity index is 971. The molecule has 1 aliphatic rings. The summed E-state index contributed by atoms with van der Waals surface area (Å²) in [5.41, 5.74) is 3.72. The lowest BCUT2D eigenvalue weighted by Crippen LogP contribution is -2.26. The van der Waals surface area contributed by atoms with Crippen LogP contribution in [0.25, 0.3) is 11.1 Å². The number of hydrogen-bond donors (Lipinski definition) is 1. The molecule has 0 radical (unpaired) electrons. The van der Waals surface area contributed by atoms with Gasteiger partial charge in [-0.3, -0.25) is 0 Å². The summed E-state index contributed by atoms with van der Waals surface area (Å²) < 4.78 is 6.25. The largest absolute Gasteiger partial charge is 0.490 e. The highest BCUT2D eigenvalue weighted by Gasteiger charge is 2.36. The number of nitrogens with zero attached hydrogens (tertiary/aromatic N) is 1. The molecule has 3 heteroatoms. The Morgan fingerprint density at radius 1 is 0.825 bits per heavy atom. The van der Waals surface area contributed by atoms with Gasteiger partial charge in [-0.2, -0.15) is 5.26 Å². The fraction of sp³-hybridized carbons (Fsp3) is 0.649. The first-order chi connectivity index (χ1) is 19.6. The van der Waals surface area contributed by atoms with Crippen LogP contribution in [0.5, 0.6) is 5.75 Å². The van der Waals surface area contributed by atoms with Gasteiger partial charge in [0.15, 0.2) is 0 Å². The van der Waals surface area contributed by atoms with Gasteiger partial charge >= 0.3 is 0 Å². The number of rotatable bonds is 19. The highest BCUT2D eigenvalue weighted by molar-refractivity contribution is 5.64. The SMILES string of the molecule is CCCC(CCC)Oc1ccc(-c2ccc(C3CCCC(C#N)(CCCCCCCCCCCO)C3)cc2)cc1. The first kappa shape index (κ1) is 32.2. The van der Waals surface area contributed by atoms with Crippen LogP contribution in [-0.4, -0.2) is 17.8 Å². The van der Waals surface area contributed by atoms with Crippen molar-refractivity contribution in [2.75, 3.05) is 6.61 Å². The van der Waals surface area contributed by atoms with E-state index in [0.29, 0.717) is 18.6 Å². The monoisotopic (exact) mass is 545 g/mol. The van der Waals surface area contributed by atoms with Crippen molar-refractivity contribution >= 4 is 0 Å². The predicted octanol–water partition coefficient (Wildman–Crippen LogP) is 10.8. The number of benzene rings is 2. The molecule has 1 aliphatic carbocycles. The number of aliphatic hydroxyl groups is 1. The molecular weight excluding hydrogens is 490 g/mol. The van der Waals surface area contributed by atoms with Gasteiger partial charge in [0.2, 0.25) is 0 Å². The van der Waals surface area contributed by atoms with E-state index in [-0.39, 0.29) is 5.41 Å². The summed E-state index contributed by atoms with van der Waals surface area (Å²) in [5, 5.41) is 19.1. The summed E-state index contributed by atoms with van der Waals surface area (Å²) in [6.07, 6.45) is 21.3. The average Bonchev–Trinajstić information content (AvgIpc) is 2.99. The molecule has 1 fully saturated rings. The summed E-state index contributed by atoms with van der Waals surface area (Å²) in [5.74, 6) is 1.46. The van der Waals surface area contributed by atoms with Gasteiger partial charge in [-0.25, -0.2) is 0 Å². The molecule has 3 rings (SSSR count). The first-order valence-electron chi connectivity index (χ1n) is 16.5. The van der Waals surface area contributed by atoms with Crippen molar-refractivity contribution in [3.8, 4) is 22.9 Å². The summed E-state index contributed by atoms with van der Waals surface area (Å²) in [6, 6.07) is 20.5. The molecule has 2 aromatic carbocycles. The zero-order valence-corrected chi connectivity index (χ0v) is 25.5. The molecule has 2 atom stereocenters. The van der Waals surface area contributed by atoms with Gasteiger partial charge in [0.1, 0.15) is 5.75 Å². The minimum absolute atomic E-state index is 0.144. The summed E-state index contributed by atoms with van der Waals surface area (Å²) in [7, 11) is 0. The molecule has 3 nitrogen and oxygen atoms in total. The van der Waals surface area contributed by atoms with Gasteiger partial charge in [-0.15, -0.1) is 0 Å². The van der Waals surface area contributed by atoms with Gasteiger partial charge in [-0.1, -0.05) is 121 Å². The molecule has 0 spiro atoms. The topological polar surface area (TPSA) is 53.2 Å². The Hall–Kier alpha value is -2.31. The van der Waals surface area contributed by atoms with E-state index < -0.39 is 0 Å². The number of unbranched alkanes of at least 4 members (excludes halogenated alkanes) is 8. The molecule has 40 heavy (non-hydrogen) atoms. The fourth-order valence-electron chi connectivity index (χ4n) is 6.62. The zero-order chi connectivity index (χ0) is 28.5. The lowest BCUT2D eigenvalue weighted by molar-refractivity contribution is 0.179. The van der Waals surface area contributed by atoms with Crippen molar-refractivity contribution < 1.29 is 9.84 Å². The van der Waals surface area contributed by atoms with Crippen molar-refractivity contribution in [1.29, 1.82) is 5.26 Å². The zero-order valence-electron chi connectivity index (χ0n) is 25.5. The van der Waals surface area contributed by atoms with Crippen LogP contribution in [0.1, 0.15) is 141 Å². The predicted molar refractivity (Wildman–Crippen MR) is 169 cm³/mol. The molecule has 0 aliphatic heterocycles. The molecule has 220 valence electrons. The van der Waals surface area contributed by atoms with E-state index in [0.717, 1.165) is 70.0 Å². The Balaban J connectivity index is 1.47. The van der Waals surface area contributed by atoms with E-state index in [4.69, 9.17) is 9.84 Å². The second kappa shape index (κ2) is 18.2. The van der Waals surface area contributed by atoms with Crippen LogP contribution >= 0.6 is 0 Å².